The number of hydrogen-bond acceptors (Lipinski definition) is 1. The molecule has 1 unspecified atom stereocenters. The average molecular weight is 257 g/mol. The quantitative estimate of drug-likeness (QED) is 0.777. The molecule has 1 atom stereocenters. The number of benzene rings is 2. The summed E-state index contributed by atoms with van der Waals surface area (Å²) in [6, 6.07) is 9.79. The van der Waals surface area contributed by atoms with Gasteiger partial charge in [0.1, 0.15) is 0 Å². The third-order valence-electron chi connectivity index (χ3n) is 2.01. The summed E-state index contributed by atoms with van der Waals surface area (Å²) >= 11 is -3.21. The van der Waals surface area contributed by atoms with E-state index >= 15 is 0 Å². The van der Waals surface area contributed by atoms with Crippen LogP contribution in [0.15, 0.2) is 36.4 Å². The molecular formula is C10H7FO2Se. The Morgan fingerprint density at radius 3 is 2.57 bits per heavy atom. The molecule has 2 aromatic rings. The number of rotatable bonds is 1. The molecule has 0 amide bonds. The predicted molar refractivity (Wildman–Crippen MR) is 52.2 cm³/mol. The van der Waals surface area contributed by atoms with Crippen LogP contribution in [0.2, 0.25) is 0 Å². The van der Waals surface area contributed by atoms with Crippen molar-refractivity contribution in [1.82, 2.24) is 0 Å². The third kappa shape index (κ3) is 1.48. The molecule has 0 radical (unpaired) electrons. The van der Waals surface area contributed by atoms with Crippen LogP contribution in [0.5, 0.6) is 0 Å². The molecule has 0 bridgehead atoms. The van der Waals surface area contributed by atoms with E-state index in [1.54, 1.807) is 30.3 Å². The Morgan fingerprint density at radius 1 is 1.14 bits per heavy atom. The predicted octanol–water partition coefficient (Wildman–Crippen LogP) is 1.10. The van der Waals surface area contributed by atoms with E-state index in [1.807, 2.05) is 0 Å². The van der Waals surface area contributed by atoms with Crippen molar-refractivity contribution in [2.24, 2.45) is 0 Å². The van der Waals surface area contributed by atoms with Crippen molar-refractivity contribution in [1.29, 1.82) is 0 Å². The second-order valence-corrected chi connectivity index (χ2v) is 4.75. The zero-order chi connectivity index (χ0) is 10.1. The van der Waals surface area contributed by atoms with Gasteiger partial charge in [-0.25, -0.2) is 0 Å². The van der Waals surface area contributed by atoms with E-state index in [-0.39, 0.29) is 4.46 Å². The molecule has 0 saturated heterocycles. The van der Waals surface area contributed by atoms with Crippen molar-refractivity contribution in [3.8, 4) is 0 Å². The zero-order valence-corrected chi connectivity index (χ0v) is 8.82. The van der Waals surface area contributed by atoms with E-state index in [4.69, 9.17) is 4.19 Å². The normalized spacial score (nSPS) is 13.0. The van der Waals surface area contributed by atoms with E-state index < -0.39 is 20.0 Å². The fourth-order valence-electron chi connectivity index (χ4n) is 1.39. The Morgan fingerprint density at radius 2 is 1.86 bits per heavy atom. The van der Waals surface area contributed by atoms with Gasteiger partial charge in [-0.1, -0.05) is 0 Å². The molecule has 0 fully saturated rings. The topological polar surface area (TPSA) is 37.3 Å². The van der Waals surface area contributed by atoms with Crippen LogP contribution in [0, 0.1) is 5.82 Å². The molecular weight excluding hydrogens is 250 g/mol. The van der Waals surface area contributed by atoms with Gasteiger partial charge in [-0.05, 0) is 0 Å². The van der Waals surface area contributed by atoms with Crippen LogP contribution in [0.25, 0.3) is 10.8 Å². The summed E-state index contributed by atoms with van der Waals surface area (Å²) in [5, 5.41) is 1.30. The van der Waals surface area contributed by atoms with E-state index in [0.29, 0.717) is 5.39 Å². The first-order chi connectivity index (χ1) is 6.70. The molecule has 2 nitrogen and oxygen atoms in total. The fraction of sp³-hybridized carbons (Fsp3) is 0. The minimum absolute atomic E-state index is 0.0527. The fourth-order valence-corrected chi connectivity index (χ4v) is 2.67. The molecule has 4 heteroatoms. The minimum atomic E-state index is -3.21. The Bertz CT molecular complexity index is 510. The van der Waals surface area contributed by atoms with Crippen molar-refractivity contribution in [3.63, 3.8) is 0 Å². The Balaban J connectivity index is 2.90. The monoisotopic (exact) mass is 258 g/mol. The first-order valence-electron chi connectivity index (χ1n) is 3.98. The van der Waals surface area contributed by atoms with Gasteiger partial charge in [0.05, 0.1) is 0 Å². The Hall–Kier alpha value is -1.09. The van der Waals surface area contributed by atoms with Gasteiger partial charge in [0.25, 0.3) is 0 Å². The van der Waals surface area contributed by atoms with Crippen LogP contribution in [-0.2, 0) is 3.83 Å². The Labute approximate surface area is 84.4 Å². The van der Waals surface area contributed by atoms with Crippen LogP contribution < -0.4 is 4.46 Å². The van der Waals surface area contributed by atoms with Crippen molar-refractivity contribution in [2.75, 3.05) is 0 Å². The van der Waals surface area contributed by atoms with Crippen molar-refractivity contribution in [3.05, 3.63) is 42.2 Å². The SMILES string of the molecule is O=[Se](O)c1c(F)ccc2ccccc12. The van der Waals surface area contributed by atoms with Gasteiger partial charge in [0.15, 0.2) is 0 Å². The van der Waals surface area contributed by atoms with E-state index in [9.17, 15) is 8.23 Å². The van der Waals surface area contributed by atoms with Crippen LogP contribution in [0.3, 0.4) is 0 Å². The van der Waals surface area contributed by atoms with Gasteiger partial charge in [-0.2, -0.15) is 0 Å². The molecule has 14 heavy (non-hydrogen) atoms. The van der Waals surface area contributed by atoms with Crippen molar-refractivity contribution >= 4 is 29.4 Å². The zero-order valence-electron chi connectivity index (χ0n) is 7.11. The summed E-state index contributed by atoms with van der Waals surface area (Å²) in [5.74, 6) is -0.605. The third-order valence-corrected chi connectivity index (χ3v) is 3.61. The van der Waals surface area contributed by atoms with Gasteiger partial charge in [0.2, 0.25) is 0 Å². The molecule has 72 valence electrons. The van der Waals surface area contributed by atoms with Crippen molar-refractivity contribution in [2.45, 2.75) is 0 Å². The standard InChI is InChI=1S/C10H7FO2Se/c11-9-6-5-7-3-1-2-4-8(7)10(9)14(12)13/h1-6H,(H,12,13). The number of hydrogen-bond donors (Lipinski definition) is 1. The summed E-state index contributed by atoms with van der Waals surface area (Å²) in [6.45, 7) is 0. The summed E-state index contributed by atoms with van der Waals surface area (Å²) in [4.78, 5) is 0. The van der Waals surface area contributed by atoms with Gasteiger partial charge < -0.3 is 0 Å². The van der Waals surface area contributed by atoms with Gasteiger partial charge >= 0.3 is 84.0 Å². The number of halogens is 1. The van der Waals surface area contributed by atoms with Crippen LogP contribution in [0.4, 0.5) is 4.39 Å². The van der Waals surface area contributed by atoms with Crippen LogP contribution in [-0.4, -0.2) is 18.4 Å². The van der Waals surface area contributed by atoms with E-state index in [1.165, 1.54) is 6.07 Å². The van der Waals surface area contributed by atoms with Gasteiger partial charge in [-0.15, -0.1) is 0 Å². The number of fused-ring (bicyclic) bond motifs is 1. The van der Waals surface area contributed by atoms with E-state index in [2.05, 4.69) is 0 Å². The molecule has 0 aliphatic rings. The maximum atomic E-state index is 13.2. The van der Waals surface area contributed by atoms with E-state index in [0.717, 1.165) is 5.39 Å². The molecule has 0 saturated carbocycles. The second kappa shape index (κ2) is 3.58. The van der Waals surface area contributed by atoms with Crippen molar-refractivity contribution < 1.29 is 12.4 Å². The molecule has 1 N–H and O–H groups in total. The molecule has 2 rings (SSSR count). The summed E-state index contributed by atoms with van der Waals surface area (Å²) in [5.41, 5.74) is 0. The first-order valence-corrected chi connectivity index (χ1v) is 6.30. The van der Waals surface area contributed by atoms with Crippen LogP contribution >= 0.6 is 0 Å². The molecule has 2 aromatic carbocycles. The molecule has 0 heterocycles. The Kier molecular flexibility index (Phi) is 2.42. The summed E-state index contributed by atoms with van der Waals surface area (Å²) in [7, 11) is 0. The summed E-state index contributed by atoms with van der Waals surface area (Å²) in [6.07, 6.45) is 0. The first kappa shape index (κ1) is 9.46. The van der Waals surface area contributed by atoms with Gasteiger partial charge in [-0.3, -0.25) is 0 Å². The second-order valence-electron chi connectivity index (χ2n) is 2.85. The molecule has 0 spiro atoms. The molecule has 0 aromatic heterocycles. The molecule has 0 aliphatic heterocycles. The van der Waals surface area contributed by atoms with Gasteiger partial charge in [0, 0.05) is 0 Å². The summed E-state index contributed by atoms with van der Waals surface area (Å²) < 4.78 is 33.2. The maximum absolute atomic E-state index is 13.2. The average Bonchev–Trinajstić information content (AvgIpc) is 2.17. The van der Waals surface area contributed by atoms with Crippen LogP contribution in [0.1, 0.15) is 0 Å². The molecule has 0 aliphatic carbocycles.